The van der Waals surface area contributed by atoms with Gasteiger partial charge in [0.05, 0.1) is 0 Å². The number of rotatable bonds is 1. The number of carbonyl (C=O) groups is 1. The SMILES string of the molecule is CC(C)(C)NC(=O)OC1CCCC12CCNC2. The number of nitrogens with one attached hydrogen (secondary N) is 2. The summed E-state index contributed by atoms with van der Waals surface area (Å²) in [7, 11) is 0. The summed E-state index contributed by atoms with van der Waals surface area (Å²) >= 11 is 0. The second-order valence-corrected chi connectivity index (χ2v) is 6.45. The van der Waals surface area contributed by atoms with E-state index in [9.17, 15) is 4.79 Å². The molecule has 0 aromatic heterocycles. The van der Waals surface area contributed by atoms with Gasteiger partial charge in [0.2, 0.25) is 0 Å². The second kappa shape index (κ2) is 4.48. The van der Waals surface area contributed by atoms with E-state index in [0.29, 0.717) is 0 Å². The third-order valence-electron chi connectivity index (χ3n) is 3.83. The fourth-order valence-corrected chi connectivity index (χ4v) is 3.01. The highest BCUT2D eigenvalue weighted by Crippen LogP contribution is 2.44. The molecule has 1 aliphatic carbocycles. The van der Waals surface area contributed by atoms with Gasteiger partial charge in [-0.05, 0) is 53.0 Å². The van der Waals surface area contributed by atoms with E-state index in [-0.39, 0.29) is 23.2 Å². The minimum absolute atomic E-state index is 0.0971. The lowest BCUT2D eigenvalue weighted by Gasteiger charge is -2.31. The van der Waals surface area contributed by atoms with Crippen LogP contribution in [0.25, 0.3) is 0 Å². The molecule has 2 N–H and O–H groups in total. The number of ether oxygens (including phenoxy) is 1. The number of hydrogen-bond donors (Lipinski definition) is 2. The fourth-order valence-electron chi connectivity index (χ4n) is 3.01. The predicted octanol–water partition coefficient (Wildman–Crippen LogP) is 2.04. The Balaban J connectivity index is 1.92. The molecule has 1 saturated heterocycles. The van der Waals surface area contributed by atoms with Crippen molar-refractivity contribution in [3.05, 3.63) is 0 Å². The molecule has 2 fully saturated rings. The van der Waals surface area contributed by atoms with Gasteiger partial charge in [0.1, 0.15) is 6.10 Å². The molecule has 1 heterocycles. The Morgan fingerprint density at radius 3 is 2.76 bits per heavy atom. The van der Waals surface area contributed by atoms with E-state index in [4.69, 9.17) is 4.74 Å². The minimum Gasteiger partial charge on any atom is -0.446 e. The number of hydrogen-bond acceptors (Lipinski definition) is 3. The Bertz CT molecular complexity index is 285. The van der Waals surface area contributed by atoms with Crippen LogP contribution in [0.15, 0.2) is 0 Å². The first-order chi connectivity index (χ1) is 7.91. The first-order valence-corrected chi connectivity index (χ1v) is 6.61. The van der Waals surface area contributed by atoms with Crippen LogP contribution in [-0.4, -0.2) is 30.8 Å². The van der Waals surface area contributed by atoms with Gasteiger partial charge >= 0.3 is 6.09 Å². The van der Waals surface area contributed by atoms with Crippen molar-refractivity contribution in [1.82, 2.24) is 10.6 Å². The van der Waals surface area contributed by atoms with Crippen molar-refractivity contribution in [2.24, 2.45) is 5.41 Å². The van der Waals surface area contributed by atoms with Gasteiger partial charge in [0.25, 0.3) is 0 Å². The molecule has 0 aromatic carbocycles. The van der Waals surface area contributed by atoms with Crippen molar-refractivity contribution in [3.8, 4) is 0 Å². The number of carbonyl (C=O) groups excluding carboxylic acids is 1. The van der Waals surface area contributed by atoms with Crippen LogP contribution < -0.4 is 10.6 Å². The average Bonchev–Trinajstić information content (AvgIpc) is 2.76. The molecule has 1 amide bonds. The molecule has 2 rings (SSSR count). The zero-order chi connectivity index (χ0) is 12.5. The molecule has 1 saturated carbocycles. The molecule has 17 heavy (non-hydrogen) atoms. The van der Waals surface area contributed by atoms with Gasteiger partial charge in [-0.1, -0.05) is 0 Å². The van der Waals surface area contributed by atoms with Gasteiger partial charge < -0.3 is 15.4 Å². The lowest BCUT2D eigenvalue weighted by molar-refractivity contribution is 0.0317. The van der Waals surface area contributed by atoms with Gasteiger partial charge in [-0.2, -0.15) is 0 Å². The Kier molecular flexibility index (Phi) is 3.34. The van der Waals surface area contributed by atoms with E-state index in [2.05, 4.69) is 10.6 Å². The van der Waals surface area contributed by atoms with Crippen molar-refractivity contribution < 1.29 is 9.53 Å². The third-order valence-corrected chi connectivity index (χ3v) is 3.83. The van der Waals surface area contributed by atoms with Crippen LogP contribution in [0.4, 0.5) is 4.79 Å². The van der Waals surface area contributed by atoms with Crippen LogP contribution in [0.3, 0.4) is 0 Å². The Morgan fingerprint density at radius 1 is 1.41 bits per heavy atom. The quantitative estimate of drug-likeness (QED) is 0.737. The first kappa shape index (κ1) is 12.7. The van der Waals surface area contributed by atoms with Crippen LogP contribution in [-0.2, 0) is 4.74 Å². The molecular weight excluding hydrogens is 216 g/mol. The highest BCUT2D eigenvalue weighted by molar-refractivity contribution is 5.68. The molecule has 0 aromatic rings. The lowest BCUT2D eigenvalue weighted by atomic mass is 9.83. The molecule has 98 valence electrons. The molecule has 1 spiro atoms. The smallest absolute Gasteiger partial charge is 0.407 e. The van der Waals surface area contributed by atoms with E-state index in [1.807, 2.05) is 20.8 Å². The summed E-state index contributed by atoms with van der Waals surface area (Å²) in [6.45, 7) is 7.96. The van der Waals surface area contributed by atoms with Crippen molar-refractivity contribution in [2.75, 3.05) is 13.1 Å². The summed E-state index contributed by atoms with van der Waals surface area (Å²) < 4.78 is 5.64. The van der Waals surface area contributed by atoms with Gasteiger partial charge in [-0.25, -0.2) is 4.79 Å². The van der Waals surface area contributed by atoms with Crippen LogP contribution in [0.2, 0.25) is 0 Å². The van der Waals surface area contributed by atoms with E-state index >= 15 is 0 Å². The van der Waals surface area contributed by atoms with E-state index < -0.39 is 0 Å². The minimum atomic E-state index is -0.268. The lowest BCUT2D eigenvalue weighted by Crippen LogP contribution is -2.45. The van der Waals surface area contributed by atoms with Gasteiger partial charge in [-0.15, -0.1) is 0 Å². The molecule has 0 radical (unpaired) electrons. The second-order valence-electron chi connectivity index (χ2n) is 6.45. The summed E-state index contributed by atoms with van der Waals surface area (Å²) in [5, 5.41) is 6.27. The maximum atomic E-state index is 11.8. The van der Waals surface area contributed by atoms with Gasteiger partial charge in [-0.3, -0.25) is 0 Å². The zero-order valence-electron chi connectivity index (χ0n) is 11.1. The first-order valence-electron chi connectivity index (χ1n) is 6.61. The summed E-state index contributed by atoms with van der Waals surface area (Å²) in [5.41, 5.74) is -0.00794. The highest BCUT2D eigenvalue weighted by Gasteiger charge is 2.47. The molecule has 4 nitrogen and oxygen atoms in total. The van der Waals surface area contributed by atoms with Crippen molar-refractivity contribution in [1.29, 1.82) is 0 Å². The standard InChI is InChI=1S/C13H24N2O2/c1-12(2,3)15-11(16)17-10-5-4-6-13(10)7-8-14-9-13/h10,14H,4-9H2,1-3H3,(H,15,16). The van der Waals surface area contributed by atoms with E-state index in [0.717, 1.165) is 25.9 Å². The Labute approximate surface area is 103 Å². The Hall–Kier alpha value is -0.770. The molecule has 2 aliphatic rings. The molecule has 2 unspecified atom stereocenters. The van der Waals surface area contributed by atoms with Crippen LogP contribution >= 0.6 is 0 Å². The van der Waals surface area contributed by atoms with Crippen molar-refractivity contribution in [3.63, 3.8) is 0 Å². The molecule has 0 bridgehead atoms. The normalized spacial score (nSPS) is 33.0. The summed E-state index contributed by atoms with van der Waals surface area (Å²) in [6, 6.07) is 0. The van der Waals surface area contributed by atoms with Crippen molar-refractivity contribution >= 4 is 6.09 Å². The van der Waals surface area contributed by atoms with Gasteiger partial charge in [0.15, 0.2) is 0 Å². The van der Waals surface area contributed by atoms with E-state index in [1.54, 1.807) is 0 Å². The van der Waals surface area contributed by atoms with Crippen LogP contribution in [0, 0.1) is 5.41 Å². The molecular formula is C13H24N2O2. The van der Waals surface area contributed by atoms with E-state index in [1.165, 1.54) is 12.8 Å². The average molecular weight is 240 g/mol. The number of amides is 1. The van der Waals surface area contributed by atoms with Crippen LogP contribution in [0.1, 0.15) is 46.5 Å². The monoisotopic (exact) mass is 240 g/mol. The maximum Gasteiger partial charge on any atom is 0.407 e. The van der Waals surface area contributed by atoms with Crippen LogP contribution in [0.5, 0.6) is 0 Å². The fraction of sp³-hybridized carbons (Fsp3) is 0.923. The van der Waals surface area contributed by atoms with Crippen molar-refractivity contribution in [2.45, 2.75) is 58.1 Å². The summed E-state index contributed by atoms with van der Waals surface area (Å²) in [6.07, 6.45) is 4.35. The third kappa shape index (κ3) is 2.92. The number of alkyl carbamates (subject to hydrolysis) is 1. The largest absolute Gasteiger partial charge is 0.446 e. The highest BCUT2D eigenvalue weighted by atomic mass is 16.6. The topological polar surface area (TPSA) is 50.4 Å². The zero-order valence-corrected chi connectivity index (χ0v) is 11.1. The summed E-state index contributed by atoms with van der Waals surface area (Å²) in [4.78, 5) is 11.8. The molecule has 2 atom stereocenters. The predicted molar refractivity (Wildman–Crippen MR) is 66.9 cm³/mol. The Morgan fingerprint density at radius 2 is 2.18 bits per heavy atom. The molecule has 4 heteroatoms. The molecule has 1 aliphatic heterocycles. The summed E-state index contributed by atoms with van der Waals surface area (Å²) in [5.74, 6) is 0. The van der Waals surface area contributed by atoms with Gasteiger partial charge in [0, 0.05) is 17.5 Å². The maximum absolute atomic E-state index is 11.8.